The van der Waals surface area contributed by atoms with E-state index in [1.54, 1.807) is 30.3 Å². The molecule has 25 heavy (non-hydrogen) atoms. The molecule has 0 aromatic heterocycles. The first-order chi connectivity index (χ1) is 11.8. The van der Waals surface area contributed by atoms with Crippen molar-refractivity contribution in [3.8, 4) is 6.07 Å². The second-order valence-electron chi connectivity index (χ2n) is 5.51. The minimum atomic E-state index is -3.69. The molecule has 0 amide bonds. The molecule has 0 N–H and O–H groups in total. The quantitative estimate of drug-likeness (QED) is 0.767. The van der Waals surface area contributed by atoms with Crippen molar-refractivity contribution in [2.75, 3.05) is 11.4 Å². The molecule has 1 atom stereocenters. The molecule has 2 rings (SSSR count). The van der Waals surface area contributed by atoms with Crippen LogP contribution in [0.5, 0.6) is 0 Å². The normalized spacial score (nSPS) is 12.1. The van der Waals surface area contributed by atoms with E-state index in [0.29, 0.717) is 5.69 Å². The zero-order chi connectivity index (χ0) is 18.6. The highest BCUT2D eigenvalue weighted by molar-refractivity contribution is 7.92. The van der Waals surface area contributed by atoms with Gasteiger partial charge in [0, 0.05) is 7.05 Å². The number of rotatable bonds is 5. The highest BCUT2D eigenvalue weighted by atomic mass is 32.2. The topological polar surface area (TPSA) is 87.5 Å². The number of nitriles is 1. The van der Waals surface area contributed by atoms with Gasteiger partial charge in [0.05, 0.1) is 16.1 Å². The Bertz CT molecular complexity index is 898. The number of carbonyl (C=O) groups excluding carboxylic acids is 1. The first-order valence-electron chi connectivity index (χ1n) is 7.52. The maximum absolute atomic E-state index is 12.6. The molecule has 0 aliphatic carbocycles. The van der Waals surface area contributed by atoms with Crippen LogP contribution in [0.25, 0.3) is 0 Å². The van der Waals surface area contributed by atoms with Crippen LogP contribution in [0.1, 0.15) is 22.8 Å². The Morgan fingerprint density at radius 3 is 2.20 bits per heavy atom. The zero-order valence-electron chi connectivity index (χ0n) is 14.1. The molecule has 0 saturated heterocycles. The smallest absolute Gasteiger partial charge is 0.339 e. The number of anilines is 1. The van der Waals surface area contributed by atoms with E-state index in [-0.39, 0.29) is 10.5 Å². The molecule has 0 fully saturated rings. The minimum Gasteiger partial charge on any atom is -0.444 e. The molecular formula is C18H18N2O4S. The highest BCUT2D eigenvalue weighted by Crippen LogP contribution is 2.23. The third-order valence-electron chi connectivity index (χ3n) is 3.61. The molecule has 0 saturated carbocycles. The van der Waals surface area contributed by atoms with Crippen LogP contribution < -0.4 is 4.31 Å². The molecule has 0 unspecified atom stereocenters. The van der Waals surface area contributed by atoms with Crippen molar-refractivity contribution in [1.29, 1.82) is 5.26 Å². The second-order valence-corrected chi connectivity index (χ2v) is 7.48. The Morgan fingerprint density at radius 1 is 1.12 bits per heavy atom. The summed E-state index contributed by atoms with van der Waals surface area (Å²) in [6.45, 7) is 3.35. The molecule has 0 bridgehead atoms. The number of sulfonamides is 1. The summed E-state index contributed by atoms with van der Waals surface area (Å²) in [5, 5.41) is 8.66. The Hall–Kier alpha value is -2.85. The van der Waals surface area contributed by atoms with Gasteiger partial charge in [-0.05, 0) is 50.2 Å². The van der Waals surface area contributed by atoms with Crippen LogP contribution in [0.3, 0.4) is 0 Å². The Morgan fingerprint density at radius 2 is 1.68 bits per heavy atom. The second kappa shape index (κ2) is 7.36. The van der Waals surface area contributed by atoms with Crippen molar-refractivity contribution in [3.63, 3.8) is 0 Å². The molecular weight excluding hydrogens is 340 g/mol. The number of ether oxygens (including phenoxy) is 1. The van der Waals surface area contributed by atoms with Gasteiger partial charge in [0.25, 0.3) is 10.0 Å². The van der Waals surface area contributed by atoms with Crippen molar-refractivity contribution in [1.82, 2.24) is 0 Å². The first kappa shape index (κ1) is 18.5. The molecule has 130 valence electrons. The van der Waals surface area contributed by atoms with Crippen LogP contribution in [0, 0.1) is 18.3 Å². The van der Waals surface area contributed by atoms with Crippen LogP contribution in [0.15, 0.2) is 53.4 Å². The number of hydrogen-bond acceptors (Lipinski definition) is 5. The summed E-state index contributed by atoms with van der Waals surface area (Å²) in [5.74, 6) is -0.635. The summed E-state index contributed by atoms with van der Waals surface area (Å²) >= 11 is 0. The van der Waals surface area contributed by atoms with Crippen molar-refractivity contribution in [3.05, 3.63) is 59.7 Å². The largest absolute Gasteiger partial charge is 0.444 e. The maximum Gasteiger partial charge on any atom is 0.339 e. The van der Waals surface area contributed by atoms with Crippen molar-refractivity contribution < 1.29 is 17.9 Å². The number of esters is 1. The third kappa shape index (κ3) is 4.17. The monoisotopic (exact) mass is 358 g/mol. The van der Waals surface area contributed by atoms with E-state index in [4.69, 9.17) is 10.00 Å². The standard InChI is InChI=1S/C18H18N2O4S/c1-13-4-10-17(11-5-13)25(22,23)20(3)16-8-6-15(7-9-16)18(21)24-14(2)12-19/h4-11,14H,1-3H3/t14-/m1/s1. The van der Waals surface area contributed by atoms with E-state index in [1.807, 2.05) is 6.92 Å². The van der Waals surface area contributed by atoms with Gasteiger partial charge in [-0.25, -0.2) is 13.2 Å². The van der Waals surface area contributed by atoms with Crippen LogP contribution in [0.4, 0.5) is 5.69 Å². The molecule has 0 aliphatic rings. The number of benzene rings is 2. The fraction of sp³-hybridized carbons (Fsp3) is 0.222. The van der Waals surface area contributed by atoms with E-state index in [0.717, 1.165) is 9.87 Å². The predicted octanol–water partition coefficient (Wildman–Crippen LogP) is 2.89. The lowest BCUT2D eigenvalue weighted by Gasteiger charge is -2.20. The van der Waals surface area contributed by atoms with E-state index in [2.05, 4.69) is 0 Å². The Balaban J connectivity index is 2.22. The van der Waals surface area contributed by atoms with Gasteiger partial charge < -0.3 is 4.74 Å². The molecule has 2 aromatic carbocycles. The molecule has 2 aromatic rings. The lowest BCUT2D eigenvalue weighted by atomic mass is 10.2. The SMILES string of the molecule is Cc1ccc(S(=O)(=O)N(C)c2ccc(C(=O)O[C@H](C)C#N)cc2)cc1. The minimum absolute atomic E-state index is 0.187. The highest BCUT2D eigenvalue weighted by Gasteiger charge is 2.21. The number of hydrogen-bond donors (Lipinski definition) is 0. The summed E-state index contributed by atoms with van der Waals surface area (Å²) in [6, 6.07) is 14.3. The first-order valence-corrected chi connectivity index (χ1v) is 8.96. The van der Waals surface area contributed by atoms with Gasteiger partial charge in [-0.1, -0.05) is 17.7 Å². The van der Waals surface area contributed by atoms with Gasteiger partial charge in [0.2, 0.25) is 0 Å². The maximum atomic E-state index is 12.6. The fourth-order valence-electron chi connectivity index (χ4n) is 2.07. The zero-order valence-corrected chi connectivity index (χ0v) is 14.9. The molecule has 6 nitrogen and oxygen atoms in total. The lowest BCUT2D eigenvalue weighted by molar-refractivity contribution is 0.0435. The summed E-state index contributed by atoms with van der Waals surface area (Å²) in [7, 11) is -2.25. The van der Waals surface area contributed by atoms with Gasteiger partial charge in [0.1, 0.15) is 6.07 Å². The molecule has 0 radical (unpaired) electrons. The third-order valence-corrected chi connectivity index (χ3v) is 5.41. The van der Waals surface area contributed by atoms with E-state index >= 15 is 0 Å². The van der Waals surface area contributed by atoms with Gasteiger partial charge in [-0.15, -0.1) is 0 Å². The molecule has 0 aliphatic heterocycles. The van der Waals surface area contributed by atoms with Crippen molar-refractivity contribution in [2.24, 2.45) is 0 Å². The van der Waals surface area contributed by atoms with Crippen molar-refractivity contribution in [2.45, 2.75) is 24.8 Å². The Labute approximate surface area is 147 Å². The summed E-state index contributed by atoms with van der Waals surface area (Å²) in [4.78, 5) is 12.0. The van der Waals surface area contributed by atoms with Crippen LogP contribution in [0.2, 0.25) is 0 Å². The number of aryl methyl sites for hydroxylation is 1. The van der Waals surface area contributed by atoms with Gasteiger partial charge in [-0.3, -0.25) is 4.31 Å². The van der Waals surface area contributed by atoms with E-state index < -0.39 is 22.1 Å². The average Bonchev–Trinajstić information content (AvgIpc) is 2.61. The summed E-state index contributed by atoms with van der Waals surface area (Å²) in [5.41, 5.74) is 1.62. The fourth-order valence-corrected chi connectivity index (χ4v) is 3.27. The van der Waals surface area contributed by atoms with E-state index in [1.165, 1.54) is 38.2 Å². The van der Waals surface area contributed by atoms with Crippen molar-refractivity contribution >= 4 is 21.7 Å². The van der Waals surface area contributed by atoms with Gasteiger partial charge in [0.15, 0.2) is 6.10 Å². The van der Waals surface area contributed by atoms with Crippen LogP contribution in [-0.2, 0) is 14.8 Å². The van der Waals surface area contributed by atoms with Gasteiger partial charge in [-0.2, -0.15) is 5.26 Å². The van der Waals surface area contributed by atoms with Crippen LogP contribution in [-0.4, -0.2) is 27.5 Å². The predicted molar refractivity (Wildman–Crippen MR) is 93.7 cm³/mol. The van der Waals surface area contributed by atoms with E-state index in [9.17, 15) is 13.2 Å². The summed E-state index contributed by atoms with van der Waals surface area (Å²) in [6.07, 6.45) is -0.850. The Kier molecular flexibility index (Phi) is 5.45. The van der Waals surface area contributed by atoms with Gasteiger partial charge >= 0.3 is 5.97 Å². The molecule has 7 heteroatoms. The number of nitrogens with zero attached hydrogens (tertiary/aromatic N) is 2. The summed E-state index contributed by atoms with van der Waals surface area (Å²) < 4.78 is 31.3. The number of carbonyl (C=O) groups is 1. The van der Waals surface area contributed by atoms with Crippen LogP contribution >= 0.6 is 0 Å². The molecule has 0 spiro atoms. The average molecular weight is 358 g/mol. The molecule has 0 heterocycles. The lowest BCUT2D eigenvalue weighted by Crippen LogP contribution is -2.26.